The van der Waals surface area contributed by atoms with Gasteiger partial charge in [-0.05, 0) is 30.3 Å². The summed E-state index contributed by atoms with van der Waals surface area (Å²) in [5.74, 6) is -2.59. The lowest BCUT2D eigenvalue weighted by Gasteiger charge is -2.14. The average Bonchev–Trinajstić information content (AvgIpc) is 3.15. The summed E-state index contributed by atoms with van der Waals surface area (Å²) < 4.78 is 104. The van der Waals surface area contributed by atoms with Crippen LogP contribution in [0.15, 0.2) is 55.5 Å². The van der Waals surface area contributed by atoms with Crippen molar-refractivity contribution in [3.05, 3.63) is 52.3 Å². The van der Waals surface area contributed by atoms with Crippen molar-refractivity contribution in [1.29, 1.82) is 0 Å². The van der Waals surface area contributed by atoms with Crippen LogP contribution in [0.2, 0.25) is 0 Å². The molecule has 0 aliphatic heterocycles. The summed E-state index contributed by atoms with van der Waals surface area (Å²) in [4.78, 5) is 18.7. The van der Waals surface area contributed by atoms with Crippen LogP contribution in [0.4, 0.5) is 11.6 Å². The van der Waals surface area contributed by atoms with Crippen LogP contribution in [0.5, 0.6) is 0 Å². The first-order valence-electron chi connectivity index (χ1n) is 8.09. The molecule has 1 heterocycles. The molecule has 3 aromatic rings. The fourth-order valence-corrected chi connectivity index (χ4v) is 4.85. The SMILES string of the molecule is O=C(Nc1ccc(S(=O)(=O)O)c2cc(S(=O)(=O)O)cc(S(=O)(=O)O)c12)c1ccc([N+](=O)[O-])o1. The van der Waals surface area contributed by atoms with Crippen LogP contribution >= 0.6 is 0 Å². The minimum absolute atomic E-state index is 0.286. The van der Waals surface area contributed by atoms with Crippen LogP contribution in [0.3, 0.4) is 0 Å². The number of rotatable bonds is 6. The molecular weight excluding hydrogens is 512 g/mol. The van der Waals surface area contributed by atoms with Crippen molar-refractivity contribution in [2.45, 2.75) is 14.7 Å². The summed E-state index contributed by atoms with van der Waals surface area (Å²) in [6.45, 7) is 0. The molecule has 1 amide bonds. The number of amides is 1. The van der Waals surface area contributed by atoms with Gasteiger partial charge in [-0.15, -0.1) is 0 Å². The summed E-state index contributed by atoms with van der Waals surface area (Å²) in [5.41, 5.74) is -0.532. The Morgan fingerprint density at radius 2 is 1.48 bits per heavy atom. The summed E-state index contributed by atoms with van der Waals surface area (Å²) in [5, 5.41) is 11.2. The summed E-state index contributed by atoms with van der Waals surface area (Å²) in [7, 11) is -15.6. The normalized spacial score (nSPS) is 12.6. The van der Waals surface area contributed by atoms with Crippen molar-refractivity contribution in [2.75, 3.05) is 5.32 Å². The minimum atomic E-state index is -5.32. The maximum absolute atomic E-state index is 12.4. The Balaban J connectivity index is 2.37. The van der Waals surface area contributed by atoms with E-state index in [9.17, 15) is 53.8 Å². The largest absolute Gasteiger partial charge is 0.433 e. The van der Waals surface area contributed by atoms with E-state index < -0.39 is 84.0 Å². The van der Waals surface area contributed by atoms with Gasteiger partial charge in [0.25, 0.3) is 36.3 Å². The number of carbonyl (C=O) groups is 1. The summed E-state index contributed by atoms with van der Waals surface area (Å²) in [6, 6.07) is 3.98. The molecule has 33 heavy (non-hydrogen) atoms. The molecule has 15 nitrogen and oxygen atoms in total. The van der Waals surface area contributed by atoms with Gasteiger partial charge in [-0.3, -0.25) is 28.6 Å². The molecule has 0 saturated heterocycles. The molecule has 0 aliphatic rings. The van der Waals surface area contributed by atoms with Gasteiger partial charge in [0.1, 0.15) is 14.7 Å². The van der Waals surface area contributed by atoms with E-state index in [0.29, 0.717) is 12.1 Å². The van der Waals surface area contributed by atoms with Crippen LogP contribution in [-0.2, 0) is 30.4 Å². The van der Waals surface area contributed by atoms with Crippen molar-refractivity contribution in [2.24, 2.45) is 0 Å². The van der Waals surface area contributed by atoms with E-state index >= 15 is 0 Å². The van der Waals surface area contributed by atoms with Gasteiger partial charge < -0.3 is 9.73 Å². The Labute approximate surface area is 184 Å². The van der Waals surface area contributed by atoms with Gasteiger partial charge in [0, 0.05) is 10.8 Å². The van der Waals surface area contributed by atoms with Crippen molar-refractivity contribution >= 4 is 58.6 Å². The molecule has 0 saturated carbocycles. The zero-order valence-electron chi connectivity index (χ0n) is 15.6. The number of hydrogen-bond acceptors (Lipinski definition) is 10. The van der Waals surface area contributed by atoms with Crippen LogP contribution in [0.25, 0.3) is 10.8 Å². The molecule has 0 bridgehead atoms. The van der Waals surface area contributed by atoms with Gasteiger partial charge in [0.05, 0.1) is 16.6 Å². The highest BCUT2D eigenvalue weighted by Gasteiger charge is 2.27. The number of furan rings is 1. The molecule has 0 aliphatic carbocycles. The number of nitrogens with zero attached hydrogens (tertiary/aromatic N) is 1. The lowest BCUT2D eigenvalue weighted by Crippen LogP contribution is -2.14. The molecule has 0 radical (unpaired) electrons. The molecule has 0 fully saturated rings. The third kappa shape index (κ3) is 4.84. The van der Waals surface area contributed by atoms with Crippen molar-refractivity contribution in [3.8, 4) is 0 Å². The minimum Gasteiger partial charge on any atom is -0.395 e. The van der Waals surface area contributed by atoms with Crippen molar-refractivity contribution in [1.82, 2.24) is 0 Å². The molecule has 18 heteroatoms. The number of benzene rings is 2. The topological polar surface area (TPSA) is 248 Å². The van der Waals surface area contributed by atoms with E-state index in [4.69, 9.17) is 4.42 Å². The fourth-order valence-electron chi connectivity index (χ4n) is 2.81. The first-order chi connectivity index (χ1) is 15.0. The van der Waals surface area contributed by atoms with E-state index in [1.165, 1.54) is 0 Å². The van der Waals surface area contributed by atoms with Gasteiger partial charge >= 0.3 is 5.88 Å². The highest BCUT2D eigenvalue weighted by molar-refractivity contribution is 7.87. The highest BCUT2D eigenvalue weighted by atomic mass is 32.2. The van der Waals surface area contributed by atoms with E-state index in [0.717, 1.165) is 18.2 Å². The van der Waals surface area contributed by atoms with Gasteiger partial charge in [0.2, 0.25) is 0 Å². The second-order valence-electron chi connectivity index (χ2n) is 6.23. The number of carbonyl (C=O) groups excluding carboxylic acids is 1. The smallest absolute Gasteiger partial charge is 0.395 e. The average molecular weight is 522 g/mol. The summed E-state index contributed by atoms with van der Waals surface area (Å²) in [6.07, 6.45) is 0. The molecule has 2 aromatic carbocycles. The van der Waals surface area contributed by atoms with E-state index in [-0.39, 0.29) is 6.07 Å². The standard InChI is InChI=1S/C15H10N2O13S3/c18-15(10-2-4-13(30-10)17(19)20)16-9-1-3-11(32(24,25)26)8-5-7(31(21,22)23)6-12(14(8)9)33(27,28)29/h1-6H,(H,16,18)(H,21,22,23)(H,24,25,26)(H,27,28,29). The molecule has 4 N–H and O–H groups in total. The number of nitro groups is 1. The molecule has 1 aromatic heterocycles. The van der Waals surface area contributed by atoms with E-state index in [1.54, 1.807) is 0 Å². The van der Waals surface area contributed by atoms with E-state index in [2.05, 4.69) is 5.32 Å². The van der Waals surface area contributed by atoms with Gasteiger partial charge in [-0.2, -0.15) is 25.3 Å². The molecule has 0 atom stereocenters. The Morgan fingerprint density at radius 1 is 0.879 bits per heavy atom. The van der Waals surface area contributed by atoms with Gasteiger partial charge in [-0.25, -0.2) is 0 Å². The fraction of sp³-hybridized carbons (Fsp3) is 0. The third-order valence-corrected chi connectivity index (χ3v) is 6.73. The Bertz CT molecular complexity index is 1650. The molecule has 3 rings (SSSR count). The first kappa shape index (κ1) is 24.2. The highest BCUT2D eigenvalue weighted by Crippen LogP contribution is 2.37. The second kappa shape index (κ2) is 7.86. The van der Waals surface area contributed by atoms with Gasteiger partial charge in [-0.1, -0.05) is 0 Å². The molecule has 0 unspecified atom stereocenters. The Hall–Kier alpha value is -3.42. The van der Waals surface area contributed by atoms with Crippen LogP contribution in [0.1, 0.15) is 10.6 Å². The number of hydrogen-bond donors (Lipinski definition) is 4. The Morgan fingerprint density at radius 3 is 1.97 bits per heavy atom. The Kier molecular flexibility index (Phi) is 5.77. The first-order valence-corrected chi connectivity index (χ1v) is 12.4. The number of fused-ring (bicyclic) bond motifs is 1. The van der Waals surface area contributed by atoms with E-state index in [1.807, 2.05) is 0 Å². The second-order valence-corrected chi connectivity index (χ2v) is 10.4. The molecule has 0 spiro atoms. The lowest BCUT2D eigenvalue weighted by atomic mass is 10.1. The zero-order valence-corrected chi connectivity index (χ0v) is 18.0. The maximum atomic E-state index is 12.4. The third-order valence-electron chi connectivity index (χ3n) is 4.11. The summed E-state index contributed by atoms with van der Waals surface area (Å²) >= 11 is 0. The van der Waals surface area contributed by atoms with Crippen molar-refractivity contribution in [3.63, 3.8) is 0 Å². The predicted octanol–water partition coefficient (Wildman–Crippen LogP) is 1.33. The predicted molar refractivity (Wildman–Crippen MR) is 107 cm³/mol. The number of anilines is 1. The monoisotopic (exact) mass is 522 g/mol. The van der Waals surface area contributed by atoms with Crippen LogP contribution < -0.4 is 5.32 Å². The lowest BCUT2D eigenvalue weighted by molar-refractivity contribution is -0.402. The number of nitrogens with one attached hydrogen (secondary N) is 1. The van der Waals surface area contributed by atoms with Gasteiger partial charge in [0.15, 0.2) is 5.76 Å². The quantitative estimate of drug-likeness (QED) is 0.203. The zero-order chi connectivity index (χ0) is 24.9. The van der Waals surface area contributed by atoms with Crippen LogP contribution in [0, 0.1) is 10.1 Å². The maximum Gasteiger partial charge on any atom is 0.433 e. The molecular formula is C15H10N2O13S3. The molecule has 176 valence electrons. The van der Waals surface area contributed by atoms with Crippen LogP contribution in [-0.4, -0.2) is 49.7 Å². The van der Waals surface area contributed by atoms with Crippen molar-refractivity contribution < 1.29 is 53.0 Å².